The summed E-state index contributed by atoms with van der Waals surface area (Å²) in [5, 5.41) is 0. The van der Waals surface area contributed by atoms with E-state index in [1.54, 1.807) is 11.8 Å². The number of para-hydroxylation sites is 2. The van der Waals surface area contributed by atoms with Gasteiger partial charge in [-0.25, -0.2) is 9.97 Å². The number of fused-ring (bicyclic) bond motifs is 6. The molecule has 1 aliphatic heterocycles. The van der Waals surface area contributed by atoms with Crippen LogP contribution in [0.3, 0.4) is 0 Å². The molecule has 0 fully saturated rings. The smallest absolute Gasteiger partial charge is 0.137 e. The van der Waals surface area contributed by atoms with Gasteiger partial charge in [0.1, 0.15) is 12.1 Å². The van der Waals surface area contributed by atoms with Crippen LogP contribution < -0.4 is 4.90 Å². The molecule has 0 spiro atoms. The molecule has 2 aromatic heterocycles. The van der Waals surface area contributed by atoms with Crippen LogP contribution in [0.15, 0.2) is 174 Å². The predicted octanol–water partition coefficient (Wildman–Crippen LogP) is 12.7. The van der Waals surface area contributed by atoms with Gasteiger partial charge in [0, 0.05) is 32.8 Å². The first-order chi connectivity index (χ1) is 24.9. The lowest BCUT2D eigenvalue weighted by Crippen LogP contribution is -2.12. The van der Waals surface area contributed by atoms with E-state index in [2.05, 4.69) is 175 Å². The van der Waals surface area contributed by atoms with Crippen molar-refractivity contribution in [3.63, 3.8) is 0 Å². The Morgan fingerprint density at radius 2 is 1.22 bits per heavy atom. The topological polar surface area (TPSA) is 34.0 Å². The van der Waals surface area contributed by atoms with Crippen LogP contribution in [0, 0.1) is 0 Å². The molecule has 3 heterocycles. The molecule has 0 radical (unpaired) electrons. The summed E-state index contributed by atoms with van der Waals surface area (Å²) in [6, 6.07) is 54.6. The number of hydrogen-bond donors (Lipinski definition) is 0. The number of rotatable bonds is 5. The number of imidazole rings is 1. The lowest BCUT2D eigenvalue weighted by Gasteiger charge is -2.27. The summed E-state index contributed by atoms with van der Waals surface area (Å²) in [6.45, 7) is 6.78. The SMILES string of the molecule is CC(C)(C)c1ccc(-c2ccc3c(c2)N(c2ccccn2)c2cc(Sc4cccc(-n5cnc6ccccc65)c4)ccc2-c2ccccc2-3)cc1. The van der Waals surface area contributed by atoms with Gasteiger partial charge in [-0.1, -0.05) is 124 Å². The molecule has 6 aromatic carbocycles. The Morgan fingerprint density at radius 1 is 0.529 bits per heavy atom. The predicted molar refractivity (Wildman–Crippen MR) is 213 cm³/mol. The first-order valence-corrected chi connectivity index (χ1v) is 18.1. The lowest BCUT2D eigenvalue weighted by atomic mass is 9.86. The molecule has 4 nitrogen and oxygen atoms in total. The van der Waals surface area contributed by atoms with Gasteiger partial charge in [-0.2, -0.15) is 0 Å². The molecule has 0 saturated heterocycles. The van der Waals surface area contributed by atoms with Crippen LogP contribution in [0.1, 0.15) is 26.3 Å². The molecule has 246 valence electrons. The Labute approximate surface area is 303 Å². The monoisotopic (exact) mass is 676 g/mol. The zero-order valence-corrected chi connectivity index (χ0v) is 29.6. The molecule has 0 atom stereocenters. The van der Waals surface area contributed by atoms with Crippen molar-refractivity contribution in [1.29, 1.82) is 0 Å². The van der Waals surface area contributed by atoms with Crippen LogP contribution in [0.2, 0.25) is 0 Å². The van der Waals surface area contributed by atoms with Gasteiger partial charge in [-0.05, 0) is 93.9 Å². The molecule has 0 unspecified atom stereocenters. The molecule has 5 heteroatoms. The number of benzene rings is 6. The highest BCUT2D eigenvalue weighted by molar-refractivity contribution is 7.99. The number of hydrogen-bond acceptors (Lipinski definition) is 4. The lowest BCUT2D eigenvalue weighted by molar-refractivity contribution is 0.590. The highest BCUT2D eigenvalue weighted by atomic mass is 32.2. The van der Waals surface area contributed by atoms with Crippen molar-refractivity contribution >= 4 is 40.0 Å². The fourth-order valence-electron chi connectivity index (χ4n) is 7.09. The van der Waals surface area contributed by atoms with E-state index in [-0.39, 0.29) is 5.41 Å². The molecule has 1 aliphatic rings. The fraction of sp³-hybridized carbons (Fsp3) is 0.0870. The van der Waals surface area contributed by atoms with E-state index >= 15 is 0 Å². The van der Waals surface area contributed by atoms with Crippen LogP contribution in [0.25, 0.3) is 50.1 Å². The molecule has 0 saturated carbocycles. The second kappa shape index (κ2) is 12.4. The minimum Gasteiger partial charge on any atom is -0.299 e. The maximum Gasteiger partial charge on any atom is 0.137 e. The second-order valence-corrected chi connectivity index (χ2v) is 15.2. The molecule has 51 heavy (non-hydrogen) atoms. The van der Waals surface area contributed by atoms with Crippen molar-refractivity contribution in [3.05, 3.63) is 170 Å². The van der Waals surface area contributed by atoms with Crippen molar-refractivity contribution in [3.8, 4) is 39.1 Å². The molecule has 0 amide bonds. The molecular weight excluding hydrogens is 641 g/mol. The van der Waals surface area contributed by atoms with Gasteiger partial charge in [0.2, 0.25) is 0 Å². The number of pyridine rings is 1. The Bertz CT molecular complexity index is 2550. The summed E-state index contributed by atoms with van der Waals surface area (Å²) >= 11 is 1.77. The van der Waals surface area contributed by atoms with Crippen LogP contribution in [-0.2, 0) is 5.41 Å². The summed E-state index contributed by atoms with van der Waals surface area (Å²) in [7, 11) is 0. The summed E-state index contributed by atoms with van der Waals surface area (Å²) in [4.78, 5) is 14.2. The quantitative estimate of drug-likeness (QED) is 0.182. The fourth-order valence-corrected chi connectivity index (χ4v) is 7.99. The first kappa shape index (κ1) is 31.1. The van der Waals surface area contributed by atoms with E-state index in [0.717, 1.165) is 43.7 Å². The Hall–Kier alpha value is -5.91. The third kappa shape index (κ3) is 5.70. The van der Waals surface area contributed by atoms with E-state index in [1.807, 2.05) is 24.7 Å². The highest BCUT2D eigenvalue weighted by Gasteiger charge is 2.27. The summed E-state index contributed by atoms with van der Waals surface area (Å²) < 4.78 is 2.15. The summed E-state index contributed by atoms with van der Waals surface area (Å²) in [6.07, 6.45) is 3.79. The summed E-state index contributed by atoms with van der Waals surface area (Å²) in [5.41, 5.74) is 13.9. The van der Waals surface area contributed by atoms with Gasteiger partial charge in [-0.3, -0.25) is 9.47 Å². The Balaban J connectivity index is 1.18. The van der Waals surface area contributed by atoms with Crippen molar-refractivity contribution in [2.45, 2.75) is 36.0 Å². The average Bonchev–Trinajstić information content (AvgIpc) is 3.55. The van der Waals surface area contributed by atoms with Crippen molar-refractivity contribution in [1.82, 2.24) is 14.5 Å². The molecular formula is C46H36N4S. The molecule has 0 bridgehead atoms. The van der Waals surface area contributed by atoms with Gasteiger partial charge in [-0.15, -0.1) is 0 Å². The largest absolute Gasteiger partial charge is 0.299 e. The molecule has 0 aliphatic carbocycles. The third-order valence-electron chi connectivity index (χ3n) is 9.70. The van der Waals surface area contributed by atoms with Crippen molar-refractivity contribution in [2.24, 2.45) is 0 Å². The first-order valence-electron chi connectivity index (χ1n) is 17.3. The van der Waals surface area contributed by atoms with Crippen LogP contribution in [0.4, 0.5) is 17.2 Å². The number of anilines is 3. The van der Waals surface area contributed by atoms with Crippen LogP contribution in [-0.4, -0.2) is 14.5 Å². The van der Waals surface area contributed by atoms with E-state index in [4.69, 9.17) is 4.98 Å². The number of aromatic nitrogens is 3. The Morgan fingerprint density at radius 3 is 1.98 bits per heavy atom. The second-order valence-electron chi connectivity index (χ2n) is 14.0. The van der Waals surface area contributed by atoms with Gasteiger partial charge >= 0.3 is 0 Å². The van der Waals surface area contributed by atoms with Gasteiger partial charge in [0.15, 0.2) is 0 Å². The van der Waals surface area contributed by atoms with Crippen LogP contribution in [0.5, 0.6) is 0 Å². The maximum absolute atomic E-state index is 4.93. The van der Waals surface area contributed by atoms with E-state index in [1.165, 1.54) is 38.9 Å². The Kier molecular flexibility index (Phi) is 7.59. The van der Waals surface area contributed by atoms with Gasteiger partial charge < -0.3 is 0 Å². The van der Waals surface area contributed by atoms with Crippen LogP contribution >= 0.6 is 11.8 Å². The zero-order valence-electron chi connectivity index (χ0n) is 28.8. The van der Waals surface area contributed by atoms with E-state index in [0.29, 0.717) is 0 Å². The average molecular weight is 677 g/mol. The zero-order chi connectivity index (χ0) is 34.5. The maximum atomic E-state index is 4.93. The molecule has 0 N–H and O–H groups in total. The van der Waals surface area contributed by atoms with E-state index < -0.39 is 0 Å². The van der Waals surface area contributed by atoms with Crippen molar-refractivity contribution in [2.75, 3.05) is 4.90 Å². The minimum atomic E-state index is 0.0976. The minimum absolute atomic E-state index is 0.0976. The molecule has 9 rings (SSSR count). The molecule has 8 aromatic rings. The van der Waals surface area contributed by atoms with Gasteiger partial charge in [0.05, 0.1) is 22.4 Å². The van der Waals surface area contributed by atoms with Gasteiger partial charge in [0.25, 0.3) is 0 Å². The van der Waals surface area contributed by atoms with E-state index in [9.17, 15) is 0 Å². The number of nitrogens with zero attached hydrogens (tertiary/aromatic N) is 4. The normalized spacial score (nSPS) is 12.3. The summed E-state index contributed by atoms with van der Waals surface area (Å²) in [5.74, 6) is 0.879. The standard InChI is InChI=1S/C46H36N4S/c1-46(2,3)33-21-18-31(19-22-33)32-20-24-39-37-13-4-5-14-38(37)40-25-23-36(29-44(40)50(43(39)27-32)45-17-8-9-26-47-45)51-35-12-10-11-34(28-35)49-30-48-41-15-6-7-16-42(41)49/h4-30H,1-3H3. The highest BCUT2D eigenvalue weighted by Crippen LogP contribution is 2.52. The third-order valence-corrected chi connectivity index (χ3v) is 10.7. The van der Waals surface area contributed by atoms with Crippen molar-refractivity contribution < 1.29 is 0 Å².